The van der Waals surface area contributed by atoms with Gasteiger partial charge < -0.3 is 19.5 Å². The largest absolute Gasteiger partial charge is 0.494 e. The quantitative estimate of drug-likeness (QED) is 0.450. The summed E-state index contributed by atoms with van der Waals surface area (Å²) in [5.41, 5.74) is 3.22. The van der Waals surface area contributed by atoms with Crippen LogP contribution in [0.3, 0.4) is 0 Å². The van der Waals surface area contributed by atoms with Crippen LogP contribution < -0.4 is 19.7 Å². The Labute approximate surface area is 211 Å². The molecule has 0 spiro atoms. The van der Waals surface area contributed by atoms with Crippen LogP contribution in [0.25, 0.3) is 0 Å². The van der Waals surface area contributed by atoms with Gasteiger partial charge in [-0.1, -0.05) is 18.9 Å². The Morgan fingerprint density at radius 2 is 1.97 bits per heavy atom. The first-order chi connectivity index (χ1) is 16.8. The lowest BCUT2D eigenvalue weighted by atomic mass is 9.98. The number of hydrogen-bond acceptors (Lipinski definition) is 5. The highest BCUT2D eigenvalue weighted by atomic mass is 32.2. The Morgan fingerprint density at radius 1 is 1.17 bits per heavy atom. The van der Waals surface area contributed by atoms with E-state index < -0.39 is 10.0 Å². The fourth-order valence-electron chi connectivity index (χ4n) is 5.12. The van der Waals surface area contributed by atoms with E-state index in [1.54, 1.807) is 12.3 Å². The van der Waals surface area contributed by atoms with Crippen LogP contribution in [0.2, 0.25) is 0 Å². The molecule has 2 aromatic heterocycles. The average Bonchev–Trinajstić information content (AvgIpc) is 3.58. The average molecular weight is 512 g/mol. The first-order valence-corrected chi connectivity index (χ1v) is 14.0. The Kier molecular flexibility index (Phi) is 6.41. The van der Waals surface area contributed by atoms with Gasteiger partial charge in [-0.3, -0.25) is 9.71 Å². The number of benzene rings is 1. The first-order valence-electron chi connectivity index (χ1n) is 11.7. The third kappa shape index (κ3) is 4.85. The fourth-order valence-corrected chi connectivity index (χ4v) is 6.03. The minimum Gasteiger partial charge on any atom is -0.494 e. The lowest BCUT2D eigenvalue weighted by Crippen LogP contribution is -2.29. The maximum atomic E-state index is 11.8. The highest BCUT2D eigenvalue weighted by Crippen LogP contribution is 2.44. The molecule has 35 heavy (non-hydrogen) atoms. The van der Waals surface area contributed by atoms with Crippen molar-refractivity contribution in [3.05, 3.63) is 72.3 Å². The molecule has 0 amide bonds. The van der Waals surface area contributed by atoms with Crippen molar-refractivity contribution in [3.63, 3.8) is 0 Å². The second-order valence-corrected chi connectivity index (χ2v) is 11.2. The SMILES string of the molecule is COc1cc(N2C(=S)N[C@H](c3ccccn3)[C@H]2c2ccn(C3CCCC3)c2)ccc1NS(C)(=O)=O. The summed E-state index contributed by atoms with van der Waals surface area (Å²) in [7, 11) is -1.93. The van der Waals surface area contributed by atoms with Crippen molar-refractivity contribution < 1.29 is 13.2 Å². The van der Waals surface area contributed by atoms with Crippen LogP contribution in [0.4, 0.5) is 11.4 Å². The first kappa shape index (κ1) is 23.6. The Hall–Kier alpha value is -3.11. The summed E-state index contributed by atoms with van der Waals surface area (Å²) in [5, 5.41) is 4.04. The van der Waals surface area contributed by atoms with Crippen molar-refractivity contribution in [3.8, 4) is 5.75 Å². The van der Waals surface area contributed by atoms with Crippen LogP contribution in [0.5, 0.6) is 5.75 Å². The standard InChI is InChI=1S/C25H29N5O3S2/c1-33-22-15-19(10-11-20(22)28-35(2,31)32)30-24(17-12-14-29(16-17)18-7-3-4-8-18)23(27-25(30)34)21-9-5-6-13-26-21/h5-6,9-16,18,23-24,28H,3-4,7-8H2,1-2H3,(H,27,34)/t23-,24-/m1/s1. The fraction of sp³-hybridized carbons (Fsp3) is 0.360. The zero-order valence-electron chi connectivity index (χ0n) is 19.7. The van der Waals surface area contributed by atoms with E-state index in [2.05, 4.69) is 42.9 Å². The number of pyridine rings is 1. The molecule has 3 heterocycles. The smallest absolute Gasteiger partial charge is 0.229 e. The van der Waals surface area contributed by atoms with Crippen molar-refractivity contribution in [2.75, 3.05) is 23.0 Å². The van der Waals surface area contributed by atoms with Crippen LogP contribution in [-0.2, 0) is 10.0 Å². The van der Waals surface area contributed by atoms with Crippen molar-refractivity contribution in [1.29, 1.82) is 0 Å². The van der Waals surface area contributed by atoms with Crippen LogP contribution >= 0.6 is 12.2 Å². The van der Waals surface area contributed by atoms with Gasteiger partial charge in [0, 0.05) is 36.4 Å². The molecular formula is C25H29N5O3S2. The predicted molar refractivity (Wildman–Crippen MR) is 141 cm³/mol. The van der Waals surface area contributed by atoms with Crippen LogP contribution in [0, 0.1) is 0 Å². The summed E-state index contributed by atoms with van der Waals surface area (Å²) < 4.78 is 33.9. The summed E-state index contributed by atoms with van der Waals surface area (Å²) >= 11 is 5.82. The van der Waals surface area contributed by atoms with E-state index in [1.807, 2.05) is 30.3 Å². The molecule has 3 aromatic rings. The summed E-state index contributed by atoms with van der Waals surface area (Å²) in [4.78, 5) is 6.68. The van der Waals surface area contributed by atoms with Crippen LogP contribution in [0.1, 0.15) is 55.1 Å². The van der Waals surface area contributed by atoms with E-state index in [9.17, 15) is 8.42 Å². The molecule has 1 aromatic carbocycles. The van der Waals surface area contributed by atoms with E-state index >= 15 is 0 Å². The van der Waals surface area contributed by atoms with Gasteiger partial charge >= 0.3 is 0 Å². The monoisotopic (exact) mass is 511 g/mol. The van der Waals surface area contributed by atoms with Gasteiger partial charge in [0.15, 0.2) is 5.11 Å². The number of rotatable bonds is 7. The summed E-state index contributed by atoms with van der Waals surface area (Å²) in [6.07, 6.45) is 12.2. The molecule has 1 aliphatic heterocycles. The number of sulfonamides is 1. The van der Waals surface area contributed by atoms with Crippen molar-refractivity contribution in [2.24, 2.45) is 0 Å². The van der Waals surface area contributed by atoms with E-state index in [-0.39, 0.29) is 12.1 Å². The van der Waals surface area contributed by atoms with E-state index in [4.69, 9.17) is 17.0 Å². The third-order valence-electron chi connectivity index (χ3n) is 6.68. The molecule has 1 aliphatic carbocycles. The van der Waals surface area contributed by atoms with Crippen molar-refractivity contribution in [1.82, 2.24) is 14.9 Å². The molecule has 2 atom stereocenters. The van der Waals surface area contributed by atoms with Crippen molar-refractivity contribution in [2.45, 2.75) is 43.8 Å². The topological polar surface area (TPSA) is 88.5 Å². The molecule has 2 fully saturated rings. The molecule has 0 radical (unpaired) electrons. The maximum absolute atomic E-state index is 11.8. The summed E-state index contributed by atoms with van der Waals surface area (Å²) in [6, 6.07) is 13.7. The molecule has 2 aliphatic rings. The normalized spacial score (nSPS) is 20.7. The van der Waals surface area contributed by atoms with Gasteiger partial charge in [0.1, 0.15) is 5.75 Å². The molecule has 1 saturated carbocycles. The highest BCUT2D eigenvalue weighted by molar-refractivity contribution is 7.92. The molecule has 2 N–H and O–H groups in total. The summed E-state index contributed by atoms with van der Waals surface area (Å²) in [6.45, 7) is 0. The van der Waals surface area contributed by atoms with Crippen molar-refractivity contribution >= 4 is 38.7 Å². The predicted octanol–water partition coefficient (Wildman–Crippen LogP) is 4.56. The second kappa shape index (κ2) is 9.50. The molecule has 10 heteroatoms. The minimum absolute atomic E-state index is 0.140. The molecule has 1 saturated heterocycles. The van der Waals surface area contributed by atoms with E-state index in [0.29, 0.717) is 22.6 Å². The van der Waals surface area contributed by atoms with Gasteiger partial charge in [-0.05, 0) is 61.0 Å². The van der Waals surface area contributed by atoms with E-state index in [1.165, 1.54) is 32.8 Å². The van der Waals surface area contributed by atoms with Gasteiger partial charge in [0.25, 0.3) is 0 Å². The second-order valence-electron chi connectivity index (χ2n) is 9.09. The van der Waals surface area contributed by atoms with Gasteiger partial charge in [0.05, 0.1) is 36.8 Å². The molecule has 0 unspecified atom stereocenters. The number of nitrogens with one attached hydrogen (secondary N) is 2. The van der Waals surface area contributed by atoms with Gasteiger partial charge in [0.2, 0.25) is 10.0 Å². The lowest BCUT2D eigenvalue weighted by molar-refractivity contribution is 0.417. The zero-order chi connectivity index (χ0) is 24.6. The van der Waals surface area contributed by atoms with Crippen LogP contribution in [-0.4, -0.2) is 36.4 Å². The van der Waals surface area contributed by atoms with Gasteiger partial charge in [-0.25, -0.2) is 8.42 Å². The molecule has 5 rings (SSSR count). The molecule has 8 nitrogen and oxygen atoms in total. The number of aromatic nitrogens is 2. The Balaban J connectivity index is 1.56. The lowest BCUT2D eigenvalue weighted by Gasteiger charge is -2.28. The molecular weight excluding hydrogens is 482 g/mol. The third-order valence-corrected chi connectivity index (χ3v) is 7.59. The Bertz CT molecular complexity index is 1320. The molecule has 0 bridgehead atoms. The highest BCUT2D eigenvalue weighted by Gasteiger charge is 2.41. The number of thiocarbonyl (C=S) groups is 1. The Morgan fingerprint density at radius 3 is 2.66 bits per heavy atom. The van der Waals surface area contributed by atoms with Gasteiger partial charge in [-0.15, -0.1) is 0 Å². The zero-order valence-corrected chi connectivity index (χ0v) is 21.3. The number of ether oxygens (including phenoxy) is 1. The minimum atomic E-state index is -3.45. The number of hydrogen-bond donors (Lipinski definition) is 2. The number of nitrogens with zero attached hydrogens (tertiary/aromatic N) is 3. The molecule has 184 valence electrons. The van der Waals surface area contributed by atoms with E-state index in [0.717, 1.165) is 23.2 Å². The summed E-state index contributed by atoms with van der Waals surface area (Å²) in [5.74, 6) is 0.416. The van der Waals surface area contributed by atoms with Crippen LogP contribution in [0.15, 0.2) is 61.1 Å². The maximum Gasteiger partial charge on any atom is 0.229 e. The number of anilines is 2. The number of methoxy groups -OCH3 is 1. The van der Waals surface area contributed by atoms with Gasteiger partial charge in [-0.2, -0.15) is 0 Å².